The number of aryl methyl sites for hydroxylation is 1. The second kappa shape index (κ2) is 7.83. The van der Waals surface area contributed by atoms with Crippen LogP contribution in [0.15, 0.2) is 53.0 Å². The molecule has 0 saturated heterocycles. The molecule has 2 aromatic rings. The summed E-state index contributed by atoms with van der Waals surface area (Å²) in [6.45, 7) is 1.56. The molecular formula is C18H14BrFO3. The monoisotopic (exact) mass is 376 g/mol. The molecule has 0 radical (unpaired) electrons. The highest BCUT2D eigenvalue weighted by molar-refractivity contribution is 9.10. The standard InChI is InChI=1S/C18H14BrFO3/c1-12-2-4-13(5-3-12)17(21)11-23-18(22)9-6-14-10-15(19)7-8-16(14)20/h2-10H,11H2,1H3/b9-6+. The van der Waals surface area contributed by atoms with Gasteiger partial charge in [-0.05, 0) is 31.2 Å². The van der Waals surface area contributed by atoms with E-state index in [1.54, 1.807) is 18.2 Å². The fourth-order valence-electron chi connectivity index (χ4n) is 1.81. The number of benzene rings is 2. The van der Waals surface area contributed by atoms with Gasteiger partial charge in [-0.3, -0.25) is 4.79 Å². The van der Waals surface area contributed by atoms with Crippen LogP contribution in [-0.2, 0) is 9.53 Å². The topological polar surface area (TPSA) is 43.4 Å². The van der Waals surface area contributed by atoms with Crippen molar-refractivity contribution in [1.29, 1.82) is 0 Å². The van der Waals surface area contributed by atoms with E-state index in [1.807, 2.05) is 19.1 Å². The summed E-state index contributed by atoms with van der Waals surface area (Å²) >= 11 is 3.22. The molecule has 0 bridgehead atoms. The van der Waals surface area contributed by atoms with Crippen LogP contribution in [0.25, 0.3) is 6.08 Å². The van der Waals surface area contributed by atoms with E-state index in [-0.39, 0.29) is 18.0 Å². The Balaban J connectivity index is 1.92. The van der Waals surface area contributed by atoms with E-state index in [2.05, 4.69) is 15.9 Å². The molecule has 0 atom stereocenters. The highest BCUT2D eigenvalue weighted by Crippen LogP contribution is 2.16. The molecular weight excluding hydrogens is 363 g/mol. The van der Waals surface area contributed by atoms with E-state index < -0.39 is 11.8 Å². The van der Waals surface area contributed by atoms with Gasteiger partial charge in [0, 0.05) is 21.7 Å². The van der Waals surface area contributed by atoms with Gasteiger partial charge in [-0.2, -0.15) is 0 Å². The number of hydrogen-bond acceptors (Lipinski definition) is 3. The second-order valence-corrected chi connectivity index (χ2v) is 5.81. The Morgan fingerprint density at radius 3 is 2.57 bits per heavy atom. The first-order chi connectivity index (χ1) is 11.0. The van der Waals surface area contributed by atoms with Gasteiger partial charge in [-0.1, -0.05) is 45.8 Å². The average molecular weight is 377 g/mol. The van der Waals surface area contributed by atoms with Gasteiger partial charge in [0.2, 0.25) is 0 Å². The maximum atomic E-state index is 13.5. The third-order valence-corrected chi connectivity index (χ3v) is 3.57. The van der Waals surface area contributed by atoms with Crippen molar-refractivity contribution in [2.75, 3.05) is 6.61 Å². The zero-order chi connectivity index (χ0) is 16.8. The van der Waals surface area contributed by atoms with Crippen molar-refractivity contribution in [3.05, 3.63) is 75.5 Å². The molecule has 0 aliphatic rings. The molecule has 2 rings (SSSR count). The van der Waals surface area contributed by atoms with E-state index in [1.165, 1.54) is 18.2 Å². The van der Waals surface area contributed by atoms with Crippen LogP contribution >= 0.6 is 15.9 Å². The number of ether oxygens (including phenoxy) is 1. The van der Waals surface area contributed by atoms with E-state index in [9.17, 15) is 14.0 Å². The Morgan fingerprint density at radius 2 is 1.87 bits per heavy atom. The molecule has 5 heteroatoms. The predicted octanol–water partition coefficient (Wildman–Crippen LogP) is 4.34. The Kier molecular flexibility index (Phi) is 5.82. The number of Topliss-reactive ketones (excluding diaryl/α,β-unsaturated/α-hetero) is 1. The van der Waals surface area contributed by atoms with Crippen molar-refractivity contribution in [3.8, 4) is 0 Å². The summed E-state index contributed by atoms with van der Waals surface area (Å²) < 4.78 is 19.1. The third-order valence-electron chi connectivity index (χ3n) is 3.08. The van der Waals surface area contributed by atoms with Crippen molar-refractivity contribution in [2.45, 2.75) is 6.92 Å². The summed E-state index contributed by atoms with van der Waals surface area (Å²) in [5.41, 5.74) is 1.77. The number of hydrogen-bond donors (Lipinski definition) is 0. The quantitative estimate of drug-likeness (QED) is 0.443. The normalized spacial score (nSPS) is 10.7. The molecule has 0 aliphatic heterocycles. The van der Waals surface area contributed by atoms with Crippen LogP contribution in [0.2, 0.25) is 0 Å². The lowest BCUT2D eigenvalue weighted by Crippen LogP contribution is -2.12. The van der Waals surface area contributed by atoms with Gasteiger partial charge in [-0.15, -0.1) is 0 Å². The maximum Gasteiger partial charge on any atom is 0.331 e. The molecule has 0 unspecified atom stereocenters. The van der Waals surface area contributed by atoms with Crippen LogP contribution < -0.4 is 0 Å². The lowest BCUT2D eigenvalue weighted by Gasteiger charge is -2.02. The number of ketones is 1. The maximum absolute atomic E-state index is 13.5. The molecule has 0 aliphatic carbocycles. The Labute approximate surface area is 141 Å². The lowest BCUT2D eigenvalue weighted by atomic mass is 10.1. The molecule has 0 heterocycles. The fraction of sp³-hybridized carbons (Fsp3) is 0.111. The summed E-state index contributed by atoms with van der Waals surface area (Å²) in [7, 11) is 0. The molecule has 0 aromatic heterocycles. The van der Waals surface area contributed by atoms with E-state index in [0.717, 1.165) is 11.6 Å². The Bertz CT molecular complexity index is 751. The van der Waals surface area contributed by atoms with Crippen molar-refractivity contribution in [2.24, 2.45) is 0 Å². The Morgan fingerprint density at radius 1 is 1.17 bits per heavy atom. The molecule has 0 saturated carbocycles. The molecule has 0 N–H and O–H groups in total. The van der Waals surface area contributed by atoms with E-state index >= 15 is 0 Å². The van der Waals surface area contributed by atoms with Crippen molar-refractivity contribution in [1.82, 2.24) is 0 Å². The highest BCUT2D eigenvalue weighted by atomic mass is 79.9. The second-order valence-electron chi connectivity index (χ2n) is 4.90. The van der Waals surface area contributed by atoms with Crippen LogP contribution in [0.4, 0.5) is 4.39 Å². The summed E-state index contributed by atoms with van der Waals surface area (Å²) in [5.74, 6) is -1.45. The molecule has 2 aromatic carbocycles. The molecule has 0 spiro atoms. The number of carbonyl (C=O) groups is 2. The van der Waals surface area contributed by atoms with Gasteiger partial charge in [0.15, 0.2) is 12.4 Å². The smallest absolute Gasteiger partial charge is 0.331 e. The van der Waals surface area contributed by atoms with Gasteiger partial charge >= 0.3 is 5.97 Å². The molecule has 0 amide bonds. The van der Waals surface area contributed by atoms with E-state index in [4.69, 9.17) is 4.74 Å². The van der Waals surface area contributed by atoms with Crippen molar-refractivity contribution < 1.29 is 18.7 Å². The zero-order valence-corrected chi connectivity index (χ0v) is 14.0. The minimum absolute atomic E-state index is 0.251. The minimum Gasteiger partial charge on any atom is -0.454 e. The van der Waals surface area contributed by atoms with Gasteiger partial charge in [0.25, 0.3) is 0 Å². The molecule has 118 valence electrons. The number of halogens is 2. The van der Waals surface area contributed by atoms with Crippen LogP contribution in [0.1, 0.15) is 21.5 Å². The van der Waals surface area contributed by atoms with Crippen molar-refractivity contribution in [3.63, 3.8) is 0 Å². The largest absolute Gasteiger partial charge is 0.454 e. The van der Waals surface area contributed by atoms with Gasteiger partial charge in [0.1, 0.15) is 5.82 Å². The summed E-state index contributed by atoms with van der Waals surface area (Å²) in [6.07, 6.45) is 2.39. The van der Waals surface area contributed by atoms with E-state index in [0.29, 0.717) is 10.0 Å². The number of carbonyl (C=O) groups excluding carboxylic acids is 2. The predicted molar refractivity (Wildman–Crippen MR) is 89.6 cm³/mol. The van der Waals surface area contributed by atoms with Crippen LogP contribution in [0.3, 0.4) is 0 Å². The van der Waals surface area contributed by atoms with Crippen LogP contribution in [0, 0.1) is 12.7 Å². The molecule has 0 fully saturated rings. The fourth-order valence-corrected chi connectivity index (χ4v) is 2.19. The number of rotatable bonds is 5. The van der Waals surface area contributed by atoms with Crippen LogP contribution in [0.5, 0.6) is 0 Å². The highest BCUT2D eigenvalue weighted by Gasteiger charge is 2.08. The lowest BCUT2D eigenvalue weighted by molar-refractivity contribution is -0.136. The Hall–Kier alpha value is -2.27. The summed E-state index contributed by atoms with van der Waals surface area (Å²) in [4.78, 5) is 23.5. The first-order valence-electron chi connectivity index (χ1n) is 6.85. The first kappa shape index (κ1) is 17.1. The van der Waals surface area contributed by atoms with Crippen LogP contribution in [-0.4, -0.2) is 18.4 Å². The first-order valence-corrected chi connectivity index (χ1v) is 7.65. The van der Waals surface area contributed by atoms with Gasteiger partial charge in [0.05, 0.1) is 0 Å². The average Bonchev–Trinajstić information content (AvgIpc) is 2.54. The summed E-state index contributed by atoms with van der Waals surface area (Å²) in [5, 5.41) is 0. The zero-order valence-electron chi connectivity index (χ0n) is 12.4. The number of esters is 1. The van der Waals surface area contributed by atoms with Gasteiger partial charge in [-0.25, -0.2) is 9.18 Å². The van der Waals surface area contributed by atoms with Crippen molar-refractivity contribution >= 4 is 33.8 Å². The minimum atomic E-state index is -0.704. The van der Waals surface area contributed by atoms with Gasteiger partial charge < -0.3 is 4.74 Å². The summed E-state index contributed by atoms with van der Waals surface area (Å²) in [6, 6.07) is 11.4. The molecule has 23 heavy (non-hydrogen) atoms. The third kappa shape index (κ3) is 5.14. The SMILES string of the molecule is Cc1ccc(C(=O)COC(=O)/C=C/c2cc(Br)ccc2F)cc1. The molecule has 3 nitrogen and oxygen atoms in total.